The van der Waals surface area contributed by atoms with Crippen LogP contribution in [-0.4, -0.2) is 36.3 Å². The Balaban J connectivity index is 1.85. The van der Waals surface area contributed by atoms with E-state index in [0.29, 0.717) is 6.10 Å². The molecule has 1 saturated heterocycles. The van der Waals surface area contributed by atoms with Crippen LogP contribution in [0.2, 0.25) is 0 Å². The molecule has 0 saturated carbocycles. The average Bonchev–Trinajstić information content (AvgIpc) is 2.46. The number of nitrogens with zero attached hydrogens (tertiary/aromatic N) is 2. The Bertz CT molecular complexity index is 417. The third-order valence-corrected chi connectivity index (χ3v) is 3.80. The van der Waals surface area contributed by atoms with Crippen molar-refractivity contribution in [1.82, 2.24) is 10.3 Å². The normalized spacial score (nSPS) is 17.2. The zero-order valence-electron chi connectivity index (χ0n) is 13.9. The first-order valence-corrected chi connectivity index (χ1v) is 8.04. The van der Waals surface area contributed by atoms with Crippen molar-refractivity contribution in [2.75, 3.05) is 24.6 Å². The van der Waals surface area contributed by atoms with Gasteiger partial charge in [-0.3, -0.25) is 0 Å². The van der Waals surface area contributed by atoms with E-state index >= 15 is 0 Å². The molecule has 118 valence electrons. The molecule has 1 aliphatic heterocycles. The summed E-state index contributed by atoms with van der Waals surface area (Å²) in [5.74, 6) is 1.09. The highest BCUT2D eigenvalue weighted by molar-refractivity contribution is 5.39. The predicted molar refractivity (Wildman–Crippen MR) is 87.7 cm³/mol. The number of ether oxygens (including phenoxy) is 1. The molecular weight excluding hydrogens is 262 g/mol. The number of hydrogen-bond acceptors (Lipinski definition) is 4. The number of piperidine rings is 1. The van der Waals surface area contributed by atoms with Crippen LogP contribution < -0.4 is 10.2 Å². The lowest BCUT2D eigenvalue weighted by Gasteiger charge is -2.32. The summed E-state index contributed by atoms with van der Waals surface area (Å²) in [7, 11) is 0. The molecule has 1 aromatic rings. The van der Waals surface area contributed by atoms with Crippen LogP contribution in [-0.2, 0) is 11.3 Å². The number of rotatable bonds is 5. The lowest BCUT2D eigenvalue weighted by molar-refractivity contribution is 0.0458. The van der Waals surface area contributed by atoms with E-state index in [-0.39, 0.29) is 5.54 Å². The quantitative estimate of drug-likeness (QED) is 0.905. The summed E-state index contributed by atoms with van der Waals surface area (Å²) in [5.41, 5.74) is 1.37. The highest BCUT2D eigenvalue weighted by atomic mass is 16.5. The van der Waals surface area contributed by atoms with Crippen LogP contribution in [0.3, 0.4) is 0 Å². The van der Waals surface area contributed by atoms with Crippen LogP contribution in [0.15, 0.2) is 18.3 Å². The van der Waals surface area contributed by atoms with Crippen molar-refractivity contribution in [3.8, 4) is 0 Å². The lowest BCUT2D eigenvalue weighted by Crippen LogP contribution is -2.37. The van der Waals surface area contributed by atoms with Crippen LogP contribution in [0, 0.1) is 0 Å². The molecule has 1 aliphatic rings. The van der Waals surface area contributed by atoms with Crippen LogP contribution in [0.1, 0.15) is 46.1 Å². The van der Waals surface area contributed by atoms with Crippen LogP contribution in [0.5, 0.6) is 0 Å². The Morgan fingerprint density at radius 2 is 2.00 bits per heavy atom. The molecule has 0 spiro atoms. The molecule has 0 aliphatic carbocycles. The number of nitrogens with one attached hydrogen (secondary N) is 1. The highest BCUT2D eigenvalue weighted by Gasteiger charge is 2.20. The SMILES string of the molecule is CCOC1CCN(c2ccc(CNC(C)(C)C)cn2)CC1. The van der Waals surface area contributed by atoms with Gasteiger partial charge in [-0.1, -0.05) is 6.07 Å². The summed E-state index contributed by atoms with van der Waals surface area (Å²) in [6.45, 7) is 12.4. The molecule has 1 fully saturated rings. The standard InChI is InChI=1S/C17H29N3O/c1-5-21-15-8-10-20(11-9-15)16-7-6-14(12-18-16)13-19-17(2,3)4/h6-7,12,15,19H,5,8-11,13H2,1-4H3. The van der Waals surface area contributed by atoms with Crippen LogP contribution in [0.4, 0.5) is 5.82 Å². The smallest absolute Gasteiger partial charge is 0.128 e. The largest absolute Gasteiger partial charge is 0.378 e. The Kier molecular flexibility index (Phi) is 5.59. The van der Waals surface area contributed by atoms with Gasteiger partial charge in [-0.15, -0.1) is 0 Å². The molecule has 0 unspecified atom stereocenters. The third kappa shape index (κ3) is 5.29. The van der Waals surface area contributed by atoms with Gasteiger partial charge in [0.15, 0.2) is 0 Å². The number of pyridine rings is 1. The molecule has 1 N–H and O–H groups in total. The molecule has 21 heavy (non-hydrogen) atoms. The minimum atomic E-state index is 0.139. The molecule has 0 aromatic carbocycles. The van der Waals surface area contributed by atoms with E-state index in [1.54, 1.807) is 0 Å². The molecular formula is C17H29N3O. The van der Waals surface area contributed by atoms with E-state index in [4.69, 9.17) is 4.74 Å². The number of anilines is 1. The van der Waals surface area contributed by atoms with Crippen molar-refractivity contribution in [1.29, 1.82) is 0 Å². The van der Waals surface area contributed by atoms with Gasteiger partial charge in [0, 0.05) is 38.0 Å². The Labute approximate surface area is 128 Å². The first kappa shape index (κ1) is 16.2. The molecule has 2 heterocycles. The highest BCUT2D eigenvalue weighted by Crippen LogP contribution is 2.19. The van der Waals surface area contributed by atoms with Crippen LogP contribution in [0.25, 0.3) is 0 Å². The monoisotopic (exact) mass is 291 g/mol. The van der Waals surface area contributed by atoms with Gasteiger partial charge in [0.05, 0.1) is 6.10 Å². The fourth-order valence-electron chi connectivity index (χ4n) is 2.56. The molecule has 0 amide bonds. The van der Waals surface area contributed by atoms with Crippen molar-refractivity contribution in [3.05, 3.63) is 23.9 Å². The maximum absolute atomic E-state index is 5.69. The van der Waals surface area contributed by atoms with Gasteiger partial charge in [-0.25, -0.2) is 4.98 Å². The van der Waals surface area contributed by atoms with Crippen molar-refractivity contribution < 1.29 is 4.74 Å². The fourth-order valence-corrected chi connectivity index (χ4v) is 2.56. The third-order valence-electron chi connectivity index (χ3n) is 3.80. The average molecular weight is 291 g/mol. The van der Waals surface area contributed by atoms with Gasteiger partial charge in [0.25, 0.3) is 0 Å². The first-order valence-electron chi connectivity index (χ1n) is 8.04. The first-order chi connectivity index (χ1) is 9.98. The zero-order chi connectivity index (χ0) is 15.3. The fraction of sp³-hybridized carbons (Fsp3) is 0.706. The van der Waals surface area contributed by atoms with Crippen molar-refractivity contribution in [3.63, 3.8) is 0 Å². The Hall–Kier alpha value is -1.13. The van der Waals surface area contributed by atoms with Crippen molar-refractivity contribution in [2.24, 2.45) is 0 Å². The summed E-state index contributed by atoms with van der Waals surface area (Å²) >= 11 is 0. The van der Waals surface area contributed by atoms with Gasteiger partial charge in [-0.2, -0.15) is 0 Å². The zero-order valence-corrected chi connectivity index (χ0v) is 13.9. The summed E-state index contributed by atoms with van der Waals surface area (Å²) in [6, 6.07) is 4.32. The van der Waals surface area contributed by atoms with Crippen molar-refractivity contribution >= 4 is 5.82 Å². The van der Waals surface area contributed by atoms with E-state index in [1.165, 1.54) is 5.56 Å². The van der Waals surface area contributed by atoms with Gasteiger partial charge in [0.2, 0.25) is 0 Å². The van der Waals surface area contributed by atoms with Crippen LogP contribution >= 0.6 is 0 Å². The molecule has 4 nitrogen and oxygen atoms in total. The minimum absolute atomic E-state index is 0.139. The maximum atomic E-state index is 5.69. The lowest BCUT2D eigenvalue weighted by atomic mass is 10.1. The Morgan fingerprint density at radius 3 is 2.52 bits per heavy atom. The molecule has 4 heteroatoms. The van der Waals surface area contributed by atoms with E-state index in [9.17, 15) is 0 Å². The summed E-state index contributed by atoms with van der Waals surface area (Å²) in [4.78, 5) is 6.98. The summed E-state index contributed by atoms with van der Waals surface area (Å²) in [6.07, 6.45) is 4.62. The van der Waals surface area contributed by atoms with E-state index in [1.807, 2.05) is 6.20 Å². The second kappa shape index (κ2) is 7.23. The van der Waals surface area contributed by atoms with Gasteiger partial charge in [-0.05, 0) is 52.2 Å². The van der Waals surface area contributed by atoms with Gasteiger partial charge >= 0.3 is 0 Å². The summed E-state index contributed by atoms with van der Waals surface area (Å²) in [5, 5.41) is 3.49. The topological polar surface area (TPSA) is 37.4 Å². The predicted octanol–water partition coefficient (Wildman–Crippen LogP) is 2.98. The van der Waals surface area contributed by atoms with Gasteiger partial charge < -0.3 is 15.0 Å². The molecule has 0 bridgehead atoms. The minimum Gasteiger partial charge on any atom is -0.378 e. The summed E-state index contributed by atoms with van der Waals surface area (Å²) < 4.78 is 5.69. The number of hydrogen-bond donors (Lipinski definition) is 1. The number of aromatic nitrogens is 1. The van der Waals surface area contributed by atoms with E-state index < -0.39 is 0 Å². The molecule has 0 atom stereocenters. The van der Waals surface area contributed by atoms with Crippen molar-refractivity contribution in [2.45, 2.75) is 58.7 Å². The molecule has 1 aromatic heterocycles. The molecule has 0 radical (unpaired) electrons. The molecule has 2 rings (SSSR count). The second-order valence-electron chi connectivity index (χ2n) is 6.77. The Morgan fingerprint density at radius 1 is 1.29 bits per heavy atom. The van der Waals surface area contributed by atoms with Gasteiger partial charge in [0.1, 0.15) is 5.82 Å². The van der Waals surface area contributed by atoms with E-state index in [0.717, 1.165) is 44.9 Å². The van der Waals surface area contributed by atoms with E-state index in [2.05, 4.69) is 55.0 Å². The second-order valence-corrected chi connectivity index (χ2v) is 6.77. The maximum Gasteiger partial charge on any atom is 0.128 e.